The Morgan fingerprint density at radius 1 is 1.24 bits per heavy atom. The van der Waals surface area contributed by atoms with Gasteiger partial charge in [-0.25, -0.2) is 13.1 Å². The minimum Gasteiger partial charge on any atom is -0.314 e. The van der Waals surface area contributed by atoms with Crippen LogP contribution in [-0.4, -0.2) is 23.2 Å². The van der Waals surface area contributed by atoms with Gasteiger partial charge in [-0.1, -0.05) is 30.3 Å². The molecule has 0 atom stereocenters. The number of hydrogen-bond donors (Lipinski definition) is 1. The quantitative estimate of drug-likeness (QED) is 0.903. The zero-order chi connectivity index (χ0) is 14.7. The van der Waals surface area contributed by atoms with Gasteiger partial charge in [-0.2, -0.15) is 0 Å². The van der Waals surface area contributed by atoms with Crippen molar-refractivity contribution in [3.05, 3.63) is 53.0 Å². The first-order chi connectivity index (χ1) is 10.1. The third-order valence-electron chi connectivity index (χ3n) is 3.36. The van der Waals surface area contributed by atoms with Gasteiger partial charge in [-0.3, -0.25) is 0 Å². The maximum absolute atomic E-state index is 11.9. The van der Waals surface area contributed by atoms with E-state index in [0.717, 1.165) is 30.8 Å². The van der Waals surface area contributed by atoms with E-state index in [1.807, 2.05) is 34.9 Å². The smallest absolute Gasteiger partial charge is 0.234 e. The molecule has 1 N–H and O–H groups in total. The largest absolute Gasteiger partial charge is 0.314 e. The molecule has 3 rings (SSSR count). The number of sulfonamides is 1. The lowest BCUT2D eigenvalue weighted by molar-refractivity contribution is 0.584. The molecule has 1 aromatic heterocycles. The molecule has 2 heterocycles. The molecule has 21 heavy (non-hydrogen) atoms. The summed E-state index contributed by atoms with van der Waals surface area (Å²) >= 11 is 0. The molecule has 7 heteroatoms. The third-order valence-corrected chi connectivity index (χ3v) is 4.40. The first-order valence-corrected chi connectivity index (χ1v) is 8.32. The van der Waals surface area contributed by atoms with Crippen molar-refractivity contribution in [2.75, 3.05) is 0 Å². The summed E-state index contributed by atoms with van der Waals surface area (Å²) in [5.74, 6) is 1.60. The Morgan fingerprint density at radius 3 is 2.86 bits per heavy atom. The van der Waals surface area contributed by atoms with Crippen molar-refractivity contribution in [3.63, 3.8) is 0 Å². The van der Waals surface area contributed by atoms with Crippen molar-refractivity contribution in [1.82, 2.24) is 19.5 Å². The minimum absolute atomic E-state index is 0.161. The zero-order valence-corrected chi connectivity index (χ0v) is 12.3. The lowest BCUT2D eigenvalue weighted by atomic mass is 10.2. The van der Waals surface area contributed by atoms with E-state index in [2.05, 4.69) is 14.9 Å². The van der Waals surface area contributed by atoms with Crippen LogP contribution in [0.5, 0.6) is 0 Å². The van der Waals surface area contributed by atoms with Gasteiger partial charge in [0.05, 0.1) is 6.54 Å². The Kier molecular flexibility index (Phi) is 3.85. The number of aromatic nitrogens is 3. The lowest BCUT2D eigenvalue weighted by Crippen LogP contribution is -2.22. The first-order valence-electron chi connectivity index (χ1n) is 6.78. The lowest BCUT2D eigenvalue weighted by Gasteiger charge is -2.04. The van der Waals surface area contributed by atoms with E-state index in [4.69, 9.17) is 0 Å². The van der Waals surface area contributed by atoms with Gasteiger partial charge in [0.1, 0.15) is 11.6 Å². The highest BCUT2D eigenvalue weighted by Gasteiger charge is 2.18. The first kappa shape index (κ1) is 14.0. The van der Waals surface area contributed by atoms with Gasteiger partial charge in [0, 0.05) is 18.4 Å². The second kappa shape index (κ2) is 5.79. The zero-order valence-electron chi connectivity index (χ0n) is 11.4. The fourth-order valence-corrected chi connectivity index (χ4v) is 3.05. The number of nitrogens with one attached hydrogen (secondary N) is 1. The monoisotopic (exact) mass is 304 g/mol. The number of aryl methyl sites for hydroxylation is 1. The summed E-state index contributed by atoms with van der Waals surface area (Å²) < 4.78 is 28.4. The summed E-state index contributed by atoms with van der Waals surface area (Å²) in [5, 5.41) is 9.24. The Hall–Kier alpha value is -1.99. The molecule has 1 aliphatic heterocycles. The number of nitrogens with zero attached hydrogens (tertiary/aromatic N) is 3. The highest BCUT2D eigenvalue weighted by atomic mass is 32.2. The number of benzene rings is 1. The molecule has 0 unspecified atom stereocenters. The summed E-state index contributed by atoms with van der Waals surface area (Å²) in [5.41, 5.74) is 0.839. The molecule has 0 bridgehead atoms. The molecule has 0 amide bonds. The van der Waals surface area contributed by atoms with Gasteiger partial charge in [0.25, 0.3) is 0 Å². The maximum atomic E-state index is 11.9. The van der Waals surface area contributed by atoms with Gasteiger partial charge in [0.15, 0.2) is 0 Å². The number of hydrogen-bond acceptors (Lipinski definition) is 4. The van der Waals surface area contributed by atoms with Crippen LogP contribution in [0.3, 0.4) is 0 Å². The predicted octanol–water partition coefficient (Wildman–Crippen LogP) is 1.31. The van der Waals surface area contributed by atoms with Gasteiger partial charge in [0.2, 0.25) is 10.0 Å². The van der Waals surface area contributed by atoms with Crippen LogP contribution < -0.4 is 4.72 Å². The summed E-state index contributed by atoms with van der Waals surface area (Å²) in [6.07, 6.45) is 3.52. The van der Waals surface area contributed by atoms with Gasteiger partial charge >= 0.3 is 0 Å². The summed E-state index contributed by atoms with van der Waals surface area (Å²) in [6, 6.07) is 9.29. The number of rotatable bonds is 5. The molecule has 1 aliphatic rings. The Morgan fingerprint density at radius 2 is 2.05 bits per heavy atom. The fraction of sp³-hybridized carbons (Fsp3) is 0.286. The highest BCUT2D eigenvalue weighted by molar-refractivity contribution is 7.92. The summed E-state index contributed by atoms with van der Waals surface area (Å²) in [6.45, 7) is 1.02. The molecule has 6 nitrogen and oxygen atoms in total. The van der Waals surface area contributed by atoms with Crippen LogP contribution in [-0.2, 0) is 29.5 Å². The van der Waals surface area contributed by atoms with E-state index in [0.29, 0.717) is 5.82 Å². The van der Waals surface area contributed by atoms with E-state index < -0.39 is 10.0 Å². The Balaban J connectivity index is 1.65. The van der Waals surface area contributed by atoms with Crippen LogP contribution in [0.25, 0.3) is 6.08 Å². The maximum Gasteiger partial charge on any atom is 0.234 e. The van der Waals surface area contributed by atoms with Gasteiger partial charge < -0.3 is 4.57 Å². The molecule has 0 fully saturated rings. The van der Waals surface area contributed by atoms with Crippen LogP contribution in [0.4, 0.5) is 0 Å². The van der Waals surface area contributed by atoms with Crippen molar-refractivity contribution >= 4 is 16.1 Å². The van der Waals surface area contributed by atoms with Crippen molar-refractivity contribution < 1.29 is 8.42 Å². The van der Waals surface area contributed by atoms with Crippen LogP contribution in [0, 0.1) is 0 Å². The average Bonchev–Trinajstić information content (AvgIpc) is 3.08. The molecule has 0 radical (unpaired) electrons. The van der Waals surface area contributed by atoms with Crippen molar-refractivity contribution in [3.8, 4) is 0 Å². The average molecular weight is 304 g/mol. The topological polar surface area (TPSA) is 76.9 Å². The van der Waals surface area contributed by atoms with Crippen LogP contribution in [0.2, 0.25) is 0 Å². The molecule has 0 spiro atoms. The highest BCUT2D eigenvalue weighted by Crippen LogP contribution is 2.14. The molecule has 0 saturated carbocycles. The Labute approximate surface area is 123 Å². The van der Waals surface area contributed by atoms with E-state index in [1.165, 1.54) is 5.41 Å². The van der Waals surface area contributed by atoms with Crippen LogP contribution in [0.1, 0.15) is 23.6 Å². The Bertz CT molecular complexity index is 751. The molecule has 1 aromatic carbocycles. The van der Waals surface area contributed by atoms with Crippen LogP contribution >= 0.6 is 0 Å². The SMILES string of the molecule is O=S(=O)(C=Cc1ccccc1)NCc1nnc2n1CCC2. The van der Waals surface area contributed by atoms with Crippen molar-refractivity contribution in [2.45, 2.75) is 25.9 Å². The number of fused-ring (bicyclic) bond motifs is 1. The van der Waals surface area contributed by atoms with Crippen molar-refractivity contribution in [2.24, 2.45) is 0 Å². The summed E-state index contributed by atoms with van der Waals surface area (Å²) in [7, 11) is -3.48. The minimum atomic E-state index is -3.48. The van der Waals surface area contributed by atoms with E-state index in [-0.39, 0.29) is 6.54 Å². The third kappa shape index (κ3) is 3.37. The van der Waals surface area contributed by atoms with E-state index >= 15 is 0 Å². The molecular formula is C14H16N4O2S. The van der Waals surface area contributed by atoms with Crippen molar-refractivity contribution in [1.29, 1.82) is 0 Å². The normalized spacial score (nSPS) is 14.7. The van der Waals surface area contributed by atoms with Crippen LogP contribution in [0.15, 0.2) is 35.7 Å². The standard InChI is InChI=1S/C14H16N4O2S/c19-21(20,10-8-12-5-2-1-3-6-12)15-11-14-17-16-13-7-4-9-18(13)14/h1-3,5-6,8,10,15H,4,7,9,11H2. The second-order valence-corrected chi connectivity index (χ2v) is 6.52. The molecule has 0 saturated heterocycles. The molecule has 110 valence electrons. The molecular weight excluding hydrogens is 288 g/mol. The van der Waals surface area contributed by atoms with E-state index in [9.17, 15) is 8.42 Å². The predicted molar refractivity (Wildman–Crippen MR) is 79.6 cm³/mol. The van der Waals surface area contributed by atoms with Gasteiger partial charge in [-0.05, 0) is 18.1 Å². The summed E-state index contributed by atoms with van der Waals surface area (Å²) in [4.78, 5) is 0. The molecule has 2 aromatic rings. The fourth-order valence-electron chi connectivity index (χ4n) is 2.29. The van der Waals surface area contributed by atoms with E-state index in [1.54, 1.807) is 6.08 Å². The van der Waals surface area contributed by atoms with Gasteiger partial charge in [-0.15, -0.1) is 10.2 Å². The second-order valence-electron chi connectivity index (χ2n) is 4.87. The molecule has 0 aliphatic carbocycles.